The second-order valence-corrected chi connectivity index (χ2v) is 13.8. The summed E-state index contributed by atoms with van der Waals surface area (Å²) in [4.78, 5) is 2.29. The van der Waals surface area contributed by atoms with Crippen LogP contribution in [0.5, 0.6) is 11.5 Å². The summed E-state index contributed by atoms with van der Waals surface area (Å²) < 4.78 is 0. The molecular weight excluding hydrogens is 529 g/mol. The summed E-state index contributed by atoms with van der Waals surface area (Å²) in [6.07, 6.45) is 28.3. The maximum atomic E-state index is 10.6. The molecule has 0 spiro atoms. The van der Waals surface area contributed by atoms with Crippen LogP contribution in [0.3, 0.4) is 0 Å². The Morgan fingerprint density at radius 2 is 0.725 bits per heavy atom. The third-order valence-corrected chi connectivity index (χ3v) is 10.5. The van der Waals surface area contributed by atoms with Crippen LogP contribution in [-0.2, 0) is 12.8 Å². The van der Waals surface area contributed by atoms with Gasteiger partial charge in [0.1, 0.15) is 11.5 Å². The Morgan fingerprint density at radius 1 is 0.425 bits per heavy atom. The van der Waals surface area contributed by atoms with Crippen molar-refractivity contribution in [1.82, 2.24) is 0 Å². The Hall–Kier alpha value is -1.26. The number of hydrogen-bond acceptors (Lipinski definition) is 4. The highest BCUT2D eigenvalue weighted by Crippen LogP contribution is 2.44. The topological polar surface area (TPSA) is 40.5 Å². The van der Waals surface area contributed by atoms with E-state index in [2.05, 4.69) is 26.0 Å². The van der Waals surface area contributed by atoms with Crippen molar-refractivity contribution in [3.63, 3.8) is 0 Å². The van der Waals surface area contributed by atoms with Crippen LogP contribution >= 0.6 is 21.6 Å². The van der Waals surface area contributed by atoms with Crippen molar-refractivity contribution in [1.29, 1.82) is 0 Å². The van der Waals surface area contributed by atoms with E-state index in [0.29, 0.717) is 11.5 Å². The van der Waals surface area contributed by atoms with Crippen LogP contribution in [0, 0.1) is 0 Å². The van der Waals surface area contributed by atoms with E-state index in [9.17, 15) is 10.2 Å². The number of phenolic OH excluding ortho intramolecular Hbond substituents is 2. The van der Waals surface area contributed by atoms with E-state index < -0.39 is 0 Å². The number of phenols is 2. The molecule has 0 aliphatic heterocycles. The number of benzene rings is 2. The zero-order valence-corrected chi connectivity index (χ0v) is 27.4. The fourth-order valence-electron chi connectivity index (χ4n) is 5.44. The molecule has 2 aromatic rings. The standard InChI is InChI=1S/C36H58O2S2/c1-3-5-7-9-11-13-15-17-19-21-25-31-33(37)27-23-29-35(31)39-40-36-30-24-28-34(38)32(36)26-22-20-18-16-14-12-10-8-6-4-2/h23-24,27-30,37-38H,3-22,25-26H2,1-2H3. The molecule has 2 N–H and O–H groups in total. The zero-order valence-electron chi connectivity index (χ0n) is 25.7. The van der Waals surface area contributed by atoms with E-state index in [0.717, 1.165) is 46.6 Å². The van der Waals surface area contributed by atoms with Gasteiger partial charge in [0.2, 0.25) is 0 Å². The van der Waals surface area contributed by atoms with Crippen LogP contribution in [0.1, 0.15) is 153 Å². The predicted molar refractivity (Wildman–Crippen MR) is 179 cm³/mol. The molecule has 0 radical (unpaired) electrons. The first-order valence-electron chi connectivity index (χ1n) is 16.6. The lowest BCUT2D eigenvalue weighted by Gasteiger charge is -2.13. The molecule has 0 saturated carbocycles. The van der Waals surface area contributed by atoms with Gasteiger partial charge in [0.25, 0.3) is 0 Å². The van der Waals surface area contributed by atoms with Crippen LogP contribution in [0.2, 0.25) is 0 Å². The summed E-state index contributed by atoms with van der Waals surface area (Å²) in [6.45, 7) is 4.55. The van der Waals surface area contributed by atoms with E-state index in [4.69, 9.17) is 0 Å². The van der Waals surface area contributed by atoms with E-state index in [1.165, 1.54) is 116 Å². The summed E-state index contributed by atoms with van der Waals surface area (Å²) in [5.41, 5.74) is 2.16. The normalized spacial score (nSPS) is 11.3. The summed E-state index contributed by atoms with van der Waals surface area (Å²) in [5, 5.41) is 21.3. The van der Waals surface area contributed by atoms with Crippen molar-refractivity contribution in [3.05, 3.63) is 47.5 Å². The van der Waals surface area contributed by atoms with Gasteiger partial charge < -0.3 is 10.2 Å². The molecule has 0 amide bonds. The summed E-state index contributed by atoms with van der Waals surface area (Å²) >= 11 is 0. The number of rotatable bonds is 25. The van der Waals surface area contributed by atoms with Gasteiger partial charge in [-0.1, -0.05) is 163 Å². The highest BCUT2D eigenvalue weighted by Gasteiger charge is 2.13. The van der Waals surface area contributed by atoms with Gasteiger partial charge in [-0.3, -0.25) is 0 Å². The third kappa shape index (κ3) is 15.1. The van der Waals surface area contributed by atoms with E-state index in [1.807, 2.05) is 24.3 Å². The van der Waals surface area contributed by atoms with Gasteiger partial charge in [0.05, 0.1) is 0 Å². The largest absolute Gasteiger partial charge is 0.508 e. The Kier molecular flexibility index (Phi) is 20.4. The third-order valence-electron chi connectivity index (χ3n) is 8.00. The Balaban J connectivity index is 1.75. The highest BCUT2D eigenvalue weighted by molar-refractivity contribution is 8.76. The monoisotopic (exact) mass is 586 g/mol. The van der Waals surface area contributed by atoms with Crippen LogP contribution in [0.15, 0.2) is 46.2 Å². The molecule has 0 aliphatic rings. The number of hydrogen-bond donors (Lipinski definition) is 2. The quantitative estimate of drug-likeness (QED) is 0.0896. The lowest BCUT2D eigenvalue weighted by Crippen LogP contribution is -1.92. The molecule has 226 valence electrons. The smallest absolute Gasteiger partial charge is 0.119 e. The van der Waals surface area contributed by atoms with Crippen molar-refractivity contribution in [2.75, 3.05) is 0 Å². The van der Waals surface area contributed by atoms with Crippen molar-refractivity contribution in [3.8, 4) is 11.5 Å². The number of unbranched alkanes of at least 4 members (excludes halogenated alkanes) is 18. The molecule has 0 unspecified atom stereocenters. The van der Waals surface area contributed by atoms with Gasteiger partial charge in [-0.15, -0.1) is 0 Å². The Morgan fingerprint density at radius 3 is 1.05 bits per heavy atom. The molecule has 0 fully saturated rings. The fraction of sp³-hybridized carbons (Fsp3) is 0.667. The summed E-state index contributed by atoms with van der Waals surface area (Å²) in [6, 6.07) is 11.8. The summed E-state index contributed by atoms with van der Waals surface area (Å²) in [7, 11) is 3.44. The lowest BCUT2D eigenvalue weighted by molar-refractivity contribution is 0.462. The minimum atomic E-state index is 0.419. The van der Waals surface area contributed by atoms with Gasteiger partial charge in [-0.05, 0) is 49.9 Å². The van der Waals surface area contributed by atoms with Crippen LogP contribution < -0.4 is 0 Å². The maximum absolute atomic E-state index is 10.6. The molecule has 0 bridgehead atoms. The molecule has 0 saturated heterocycles. The molecule has 4 heteroatoms. The fourth-order valence-corrected chi connectivity index (χ4v) is 7.97. The van der Waals surface area contributed by atoms with Crippen LogP contribution in [-0.4, -0.2) is 10.2 Å². The van der Waals surface area contributed by atoms with Crippen molar-refractivity contribution in [2.45, 2.75) is 165 Å². The molecule has 0 aliphatic carbocycles. The minimum absolute atomic E-state index is 0.419. The van der Waals surface area contributed by atoms with Gasteiger partial charge in [0, 0.05) is 20.9 Å². The molecule has 2 nitrogen and oxygen atoms in total. The van der Waals surface area contributed by atoms with Gasteiger partial charge in [-0.2, -0.15) is 0 Å². The SMILES string of the molecule is CCCCCCCCCCCCc1c(O)cccc1SSc1cccc(O)c1CCCCCCCCCCCC. The molecule has 2 rings (SSSR count). The van der Waals surface area contributed by atoms with Crippen molar-refractivity contribution < 1.29 is 10.2 Å². The zero-order chi connectivity index (χ0) is 28.7. The van der Waals surface area contributed by atoms with Crippen LogP contribution in [0.4, 0.5) is 0 Å². The second kappa shape index (κ2) is 23.3. The summed E-state index contributed by atoms with van der Waals surface area (Å²) in [5.74, 6) is 0.839. The number of aromatic hydroxyl groups is 2. The molecule has 0 heterocycles. The first-order chi connectivity index (χ1) is 19.7. The average molecular weight is 587 g/mol. The van der Waals surface area contributed by atoms with Crippen LogP contribution in [0.25, 0.3) is 0 Å². The molecule has 40 heavy (non-hydrogen) atoms. The predicted octanol–water partition coefficient (Wildman–Crippen LogP) is 12.8. The molecule has 0 atom stereocenters. The first-order valence-corrected chi connectivity index (χ1v) is 18.8. The Labute approximate surface area is 254 Å². The minimum Gasteiger partial charge on any atom is -0.508 e. The van der Waals surface area contributed by atoms with Crippen molar-refractivity contribution in [2.24, 2.45) is 0 Å². The Bertz CT molecular complexity index is 825. The van der Waals surface area contributed by atoms with E-state index in [-0.39, 0.29) is 0 Å². The van der Waals surface area contributed by atoms with E-state index >= 15 is 0 Å². The second-order valence-electron chi connectivity index (χ2n) is 11.5. The van der Waals surface area contributed by atoms with Gasteiger partial charge in [0.15, 0.2) is 0 Å². The van der Waals surface area contributed by atoms with Crippen molar-refractivity contribution >= 4 is 21.6 Å². The molecule has 2 aromatic carbocycles. The molecular formula is C36H58O2S2. The van der Waals surface area contributed by atoms with Gasteiger partial charge in [-0.25, -0.2) is 0 Å². The van der Waals surface area contributed by atoms with E-state index in [1.54, 1.807) is 21.6 Å². The molecule has 0 aromatic heterocycles. The maximum Gasteiger partial charge on any atom is 0.119 e. The average Bonchev–Trinajstić information content (AvgIpc) is 2.95. The highest BCUT2D eigenvalue weighted by atomic mass is 33.1. The lowest BCUT2D eigenvalue weighted by atomic mass is 10.0. The van der Waals surface area contributed by atoms with Gasteiger partial charge >= 0.3 is 0 Å². The first kappa shape index (κ1) is 34.9.